The lowest BCUT2D eigenvalue weighted by Crippen LogP contribution is -2.69. The van der Waals surface area contributed by atoms with Crippen LogP contribution in [0.2, 0.25) is 0 Å². The molecule has 1 heterocycles. The van der Waals surface area contributed by atoms with Gasteiger partial charge in [-0.25, -0.2) is 0 Å². The molecular weight excluding hydrogens is 264 g/mol. The average Bonchev–Trinajstić information content (AvgIpc) is 2.23. The first-order valence-corrected chi connectivity index (χ1v) is 8.12. The van der Waals surface area contributed by atoms with E-state index in [1.165, 1.54) is 19.3 Å². The summed E-state index contributed by atoms with van der Waals surface area (Å²) >= 11 is 0. The predicted octanol–water partition coefficient (Wildman–Crippen LogP) is 2.57. The zero-order valence-electron chi connectivity index (χ0n) is 14.3. The molecule has 1 aliphatic heterocycles. The van der Waals surface area contributed by atoms with Crippen LogP contribution >= 0.6 is 0 Å². The predicted molar refractivity (Wildman–Crippen MR) is 83.7 cm³/mol. The number of rotatable bonds is 2. The van der Waals surface area contributed by atoms with Gasteiger partial charge in [0, 0.05) is 6.54 Å². The van der Waals surface area contributed by atoms with Gasteiger partial charge in [0.1, 0.15) is 12.1 Å². The number of hydrogen-bond donors (Lipinski definition) is 1. The molecule has 2 atom stereocenters. The molecule has 2 amide bonds. The highest BCUT2D eigenvalue weighted by atomic mass is 16.2. The molecule has 21 heavy (non-hydrogen) atoms. The van der Waals surface area contributed by atoms with E-state index in [1.807, 2.05) is 46.4 Å². The summed E-state index contributed by atoms with van der Waals surface area (Å²) in [6.45, 7) is 12.9. The van der Waals surface area contributed by atoms with Crippen molar-refractivity contribution in [3.05, 3.63) is 0 Å². The van der Waals surface area contributed by atoms with Crippen molar-refractivity contribution in [2.45, 2.75) is 72.9 Å². The summed E-state index contributed by atoms with van der Waals surface area (Å²) in [6, 6.07) is -0.770. The molecule has 1 saturated carbocycles. The number of nitrogens with zero attached hydrogens (tertiary/aromatic N) is 1. The Morgan fingerprint density at radius 3 is 2.00 bits per heavy atom. The highest BCUT2D eigenvalue weighted by molar-refractivity contribution is 5.97. The number of hydrogen-bond acceptors (Lipinski definition) is 2. The fourth-order valence-corrected chi connectivity index (χ4v) is 3.31. The maximum absolute atomic E-state index is 13.0. The number of amides is 2. The van der Waals surface area contributed by atoms with Crippen molar-refractivity contribution in [1.82, 2.24) is 10.2 Å². The van der Waals surface area contributed by atoms with E-state index < -0.39 is 6.04 Å². The molecule has 1 saturated heterocycles. The van der Waals surface area contributed by atoms with Crippen LogP contribution in [0.25, 0.3) is 0 Å². The number of carbonyl (C=O) groups excluding carboxylic acids is 2. The molecule has 0 spiro atoms. The molecule has 4 nitrogen and oxygen atoms in total. The molecule has 120 valence electrons. The Morgan fingerprint density at radius 2 is 1.62 bits per heavy atom. The van der Waals surface area contributed by atoms with Crippen LogP contribution in [0.1, 0.15) is 60.8 Å². The number of carbonyl (C=O) groups is 2. The van der Waals surface area contributed by atoms with Crippen LogP contribution in [0.5, 0.6) is 0 Å². The quantitative estimate of drug-likeness (QED) is 0.851. The molecule has 2 rings (SSSR count). The van der Waals surface area contributed by atoms with Gasteiger partial charge in [0.05, 0.1) is 0 Å². The second-order valence-electron chi connectivity index (χ2n) is 8.86. The van der Waals surface area contributed by atoms with E-state index in [4.69, 9.17) is 0 Å². The zero-order valence-corrected chi connectivity index (χ0v) is 14.3. The van der Waals surface area contributed by atoms with Gasteiger partial charge in [-0.05, 0) is 29.6 Å². The second-order valence-corrected chi connectivity index (χ2v) is 8.86. The van der Waals surface area contributed by atoms with Crippen molar-refractivity contribution in [3.63, 3.8) is 0 Å². The molecule has 1 N–H and O–H groups in total. The van der Waals surface area contributed by atoms with Crippen molar-refractivity contribution in [1.29, 1.82) is 0 Å². The van der Waals surface area contributed by atoms with E-state index in [0.717, 1.165) is 6.54 Å². The zero-order chi connectivity index (χ0) is 16.0. The minimum atomic E-state index is -0.413. The Kier molecular flexibility index (Phi) is 4.11. The minimum absolute atomic E-state index is 0.00125. The summed E-state index contributed by atoms with van der Waals surface area (Å²) < 4.78 is 0. The van der Waals surface area contributed by atoms with Crippen LogP contribution in [-0.2, 0) is 9.59 Å². The average molecular weight is 294 g/mol. The van der Waals surface area contributed by atoms with Crippen LogP contribution in [0.4, 0.5) is 0 Å². The topological polar surface area (TPSA) is 49.4 Å². The summed E-state index contributed by atoms with van der Waals surface area (Å²) in [5, 5.41) is 2.97. The van der Waals surface area contributed by atoms with Gasteiger partial charge in [0.15, 0.2) is 0 Å². The first-order chi connectivity index (χ1) is 9.51. The van der Waals surface area contributed by atoms with Gasteiger partial charge >= 0.3 is 0 Å². The Hall–Kier alpha value is -1.06. The molecule has 4 heteroatoms. The third-order valence-corrected chi connectivity index (χ3v) is 4.74. The number of piperazine rings is 1. The maximum atomic E-state index is 13.0. The van der Waals surface area contributed by atoms with E-state index in [2.05, 4.69) is 5.32 Å². The third-order valence-electron chi connectivity index (χ3n) is 4.74. The first kappa shape index (κ1) is 16.3. The van der Waals surface area contributed by atoms with E-state index >= 15 is 0 Å². The van der Waals surface area contributed by atoms with Crippen LogP contribution in [0.3, 0.4) is 0 Å². The Labute approximate surface area is 128 Å². The lowest BCUT2D eigenvalue weighted by Gasteiger charge is -2.49. The smallest absolute Gasteiger partial charge is 0.246 e. The lowest BCUT2D eigenvalue weighted by molar-refractivity contribution is -0.158. The van der Waals surface area contributed by atoms with E-state index in [9.17, 15) is 9.59 Å². The summed E-state index contributed by atoms with van der Waals surface area (Å²) in [4.78, 5) is 27.5. The van der Waals surface area contributed by atoms with Crippen molar-refractivity contribution in [2.75, 3.05) is 6.54 Å². The van der Waals surface area contributed by atoms with E-state index in [0.29, 0.717) is 5.92 Å². The van der Waals surface area contributed by atoms with Crippen molar-refractivity contribution in [2.24, 2.45) is 16.7 Å². The van der Waals surface area contributed by atoms with Crippen molar-refractivity contribution < 1.29 is 9.59 Å². The summed E-state index contributed by atoms with van der Waals surface area (Å²) in [7, 11) is 0. The van der Waals surface area contributed by atoms with Crippen LogP contribution in [0.15, 0.2) is 0 Å². The van der Waals surface area contributed by atoms with Crippen LogP contribution in [0, 0.1) is 16.7 Å². The fourth-order valence-electron chi connectivity index (χ4n) is 3.31. The van der Waals surface area contributed by atoms with Crippen LogP contribution < -0.4 is 5.32 Å². The lowest BCUT2D eigenvalue weighted by atomic mass is 9.77. The van der Waals surface area contributed by atoms with Gasteiger partial charge in [-0.3, -0.25) is 9.59 Å². The van der Waals surface area contributed by atoms with Gasteiger partial charge in [-0.15, -0.1) is 0 Å². The third kappa shape index (κ3) is 3.24. The molecule has 0 aromatic heterocycles. The van der Waals surface area contributed by atoms with Gasteiger partial charge in [-0.1, -0.05) is 48.0 Å². The molecule has 0 aromatic rings. The highest BCUT2D eigenvalue weighted by Gasteiger charge is 2.49. The molecule has 2 aliphatic rings. The van der Waals surface area contributed by atoms with Crippen molar-refractivity contribution >= 4 is 11.8 Å². The molecule has 2 fully saturated rings. The summed E-state index contributed by atoms with van der Waals surface area (Å²) in [6.07, 6.45) is 3.62. The fraction of sp³-hybridized carbons (Fsp3) is 0.882. The maximum Gasteiger partial charge on any atom is 0.246 e. The SMILES string of the molecule is CC(C)(C)C1NC(=O)C(C(C)(C)C)N(CC2CCC2)C1=O. The normalized spacial score (nSPS) is 28.4. The second kappa shape index (κ2) is 5.29. The monoisotopic (exact) mass is 294 g/mol. The van der Waals surface area contributed by atoms with Crippen LogP contribution in [-0.4, -0.2) is 35.3 Å². The minimum Gasteiger partial charge on any atom is -0.342 e. The largest absolute Gasteiger partial charge is 0.342 e. The van der Waals surface area contributed by atoms with E-state index in [-0.39, 0.29) is 28.7 Å². The van der Waals surface area contributed by atoms with E-state index in [1.54, 1.807) is 0 Å². The van der Waals surface area contributed by atoms with Crippen molar-refractivity contribution in [3.8, 4) is 0 Å². The van der Waals surface area contributed by atoms with Gasteiger partial charge in [0.2, 0.25) is 11.8 Å². The summed E-state index contributed by atoms with van der Waals surface area (Å²) in [5.41, 5.74) is -0.500. The Balaban J connectivity index is 2.29. The molecule has 0 radical (unpaired) electrons. The highest BCUT2D eigenvalue weighted by Crippen LogP contribution is 2.35. The Bertz CT molecular complexity index is 427. The molecule has 1 aliphatic carbocycles. The van der Waals surface area contributed by atoms with Gasteiger partial charge in [0.25, 0.3) is 0 Å². The molecular formula is C17H30N2O2. The molecule has 0 aromatic carbocycles. The summed E-state index contributed by atoms with van der Waals surface area (Å²) in [5.74, 6) is 0.667. The Morgan fingerprint density at radius 1 is 1.05 bits per heavy atom. The molecule has 2 unspecified atom stereocenters. The van der Waals surface area contributed by atoms with Gasteiger partial charge in [-0.2, -0.15) is 0 Å². The standard InChI is InChI=1S/C17H30N2O2/c1-16(2,3)12-15(21)19(10-11-8-7-9-11)13(14(20)18-12)17(4,5)6/h11-13H,7-10H2,1-6H3,(H,18,20). The van der Waals surface area contributed by atoms with Gasteiger partial charge < -0.3 is 10.2 Å². The number of nitrogens with one attached hydrogen (secondary N) is 1. The molecule has 0 bridgehead atoms. The first-order valence-electron chi connectivity index (χ1n) is 8.12.